The van der Waals surface area contributed by atoms with Gasteiger partial charge in [-0.1, -0.05) is 17.7 Å². The van der Waals surface area contributed by atoms with Crippen LogP contribution in [-0.2, 0) is 0 Å². The lowest BCUT2D eigenvalue weighted by atomic mass is 9.81. The Kier molecular flexibility index (Phi) is 3.01. The molecule has 1 aromatic carbocycles. The van der Waals surface area contributed by atoms with E-state index in [2.05, 4.69) is 29.4 Å². The van der Waals surface area contributed by atoms with Gasteiger partial charge in [0.2, 0.25) is 0 Å². The minimum absolute atomic E-state index is 0.691. The standard InChI is InChI=1S/C14H19ClN2/c1-17-6-4-10(5-7-17)13-9-16-14-8-11(15)2-3-12(13)14/h2-3,8,10,13,16H,4-7,9H2,1H3. The SMILES string of the molecule is CN1CCC(C2CNc3cc(Cl)ccc32)CC1. The van der Waals surface area contributed by atoms with Crippen molar-refractivity contribution in [2.45, 2.75) is 18.8 Å². The highest BCUT2D eigenvalue weighted by Crippen LogP contribution is 2.41. The van der Waals surface area contributed by atoms with Crippen molar-refractivity contribution in [2.24, 2.45) is 5.92 Å². The maximum absolute atomic E-state index is 6.03. The van der Waals surface area contributed by atoms with Gasteiger partial charge in [0.25, 0.3) is 0 Å². The molecule has 1 aromatic rings. The molecule has 17 heavy (non-hydrogen) atoms. The van der Waals surface area contributed by atoms with E-state index in [4.69, 9.17) is 11.6 Å². The van der Waals surface area contributed by atoms with Gasteiger partial charge in [0, 0.05) is 23.2 Å². The van der Waals surface area contributed by atoms with Gasteiger partial charge in [0.05, 0.1) is 0 Å². The highest BCUT2D eigenvalue weighted by molar-refractivity contribution is 6.30. The normalized spacial score (nSPS) is 25.6. The highest BCUT2D eigenvalue weighted by Gasteiger charge is 2.31. The van der Waals surface area contributed by atoms with Crippen molar-refractivity contribution >= 4 is 17.3 Å². The molecule has 2 aliphatic heterocycles. The molecule has 0 amide bonds. The van der Waals surface area contributed by atoms with Crippen LogP contribution >= 0.6 is 11.6 Å². The number of rotatable bonds is 1. The Morgan fingerprint density at radius 2 is 2.06 bits per heavy atom. The molecule has 0 aliphatic carbocycles. The third-order valence-electron chi connectivity index (χ3n) is 4.26. The molecule has 2 aliphatic rings. The molecule has 3 heteroatoms. The summed E-state index contributed by atoms with van der Waals surface area (Å²) in [5.74, 6) is 1.53. The van der Waals surface area contributed by atoms with Crippen molar-refractivity contribution in [3.8, 4) is 0 Å². The van der Waals surface area contributed by atoms with E-state index in [1.165, 1.54) is 37.2 Å². The number of likely N-dealkylation sites (tertiary alicyclic amines) is 1. The molecule has 2 heterocycles. The minimum atomic E-state index is 0.691. The van der Waals surface area contributed by atoms with Crippen LogP contribution in [0, 0.1) is 5.92 Å². The van der Waals surface area contributed by atoms with Crippen LogP contribution in [0.5, 0.6) is 0 Å². The van der Waals surface area contributed by atoms with E-state index >= 15 is 0 Å². The van der Waals surface area contributed by atoms with Crippen molar-refractivity contribution in [3.63, 3.8) is 0 Å². The summed E-state index contributed by atoms with van der Waals surface area (Å²) >= 11 is 6.03. The zero-order valence-electron chi connectivity index (χ0n) is 10.2. The number of piperidine rings is 1. The number of hydrogen-bond acceptors (Lipinski definition) is 2. The van der Waals surface area contributed by atoms with Crippen molar-refractivity contribution in [1.29, 1.82) is 0 Å². The molecule has 0 radical (unpaired) electrons. The van der Waals surface area contributed by atoms with E-state index in [0.717, 1.165) is 17.5 Å². The Balaban J connectivity index is 1.79. The molecule has 92 valence electrons. The van der Waals surface area contributed by atoms with Crippen molar-refractivity contribution in [1.82, 2.24) is 4.90 Å². The molecule has 1 saturated heterocycles. The van der Waals surface area contributed by atoms with Crippen LogP contribution in [0.2, 0.25) is 5.02 Å². The van der Waals surface area contributed by atoms with Crippen LogP contribution < -0.4 is 5.32 Å². The Labute approximate surface area is 108 Å². The molecule has 1 fully saturated rings. The van der Waals surface area contributed by atoms with Crippen LogP contribution in [0.1, 0.15) is 24.3 Å². The van der Waals surface area contributed by atoms with Crippen LogP contribution in [0.3, 0.4) is 0 Å². The number of hydrogen-bond donors (Lipinski definition) is 1. The Bertz CT molecular complexity index is 411. The smallest absolute Gasteiger partial charge is 0.0426 e. The Morgan fingerprint density at radius 3 is 2.82 bits per heavy atom. The second kappa shape index (κ2) is 4.51. The average molecular weight is 251 g/mol. The molecular weight excluding hydrogens is 232 g/mol. The van der Waals surface area contributed by atoms with Crippen LogP contribution in [0.4, 0.5) is 5.69 Å². The molecule has 1 unspecified atom stereocenters. The number of nitrogens with one attached hydrogen (secondary N) is 1. The Hall–Kier alpha value is -0.730. The molecule has 1 N–H and O–H groups in total. The fraction of sp³-hybridized carbons (Fsp3) is 0.571. The van der Waals surface area contributed by atoms with E-state index < -0.39 is 0 Å². The summed E-state index contributed by atoms with van der Waals surface area (Å²) in [6, 6.07) is 6.29. The molecule has 2 nitrogen and oxygen atoms in total. The summed E-state index contributed by atoms with van der Waals surface area (Å²) in [6.45, 7) is 3.57. The first-order valence-electron chi connectivity index (χ1n) is 6.46. The van der Waals surface area contributed by atoms with Gasteiger partial charge < -0.3 is 10.2 Å². The summed E-state index contributed by atoms with van der Waals surface area (Å²) in [4.78, 5) is 2.43. The van der Waals surface area contributed by atoms with Crippen molar-refractivity contribution in [3.05, 3.63) is 28.8 Å². The second-order valence-corrected chi connectivity index (χ2v) is 5.80. The largest absolute Gasteiger partial charge is 0.384 e. The predicted molar refractivity (Wildman–Crippen MR) is 72.9 cm³/mol. The lowest BCUT2D eigenvalue weighted by Crippen LogP contribution is -2.33. The monoisotopic (exact) mass is 250 g/mol. The Morgan fingerprint density at radius 1 is 1.29 bits per heavy atom. The summed E-state index contributed by atoms with van der Waals surface area (Å²) in [6.07, 6.45) is 2.65. The van der Waals surface area contributed by atoms with Crippen molar-refractivity contribution in [2.75, 3.05) is 32.0 Å². The summed E-state index contributed by atoms with van der Waals surface area (Å²) in [5.41, 5.74) is 2.73. The van der Waals surface area contributed by atoms with Gasteiger partial charge in [-0.15, -0.1) is 0 Å². The summed E-state index contributed by atoms with van der Waals surface area (Å²) in [7, 11) is 2.22. The molecule has 0 spiro atoms. The fourth-order valence-corrected chi connectivity index (χ4v) is 3.36. The van der Waals surface area contributed by atoms with Gasteiger partial charge in [-0.05, 0) is 56.6 Å². The van der Waals surface area contributed by atoms with Gasteiger partial charge in [0.1, 0.15) is 0 Å². The first-order chi connectivity index (χ1) is 8.24. The van der Waals surface area contributed by atoms with Crippen molar-refractivity contribution < 1.29 is 0 Å². The first kappa shape index (κ1) is 11.4. The molecule has 0 bridgehead atoms. The molecular formula is C14H19ClN2. The number of anilines is 1. The average Bonchev–Trinajstić information content (AvgIpc) is 2.73. The van der Waals surface area contributed by atoms with E-state index in [1.807, 2.05) is 6.07 Å². The van der Waals surface area contributed by atoms with Gasteiger partial charge in [-0.25, -0.2) is 0 Å². The number of nitrogens with zero attached hydrogens (tertiary/aromatic N) is 1. The molecule has 0 aromatic heterocycles. The summed E-state index contributed by atoms with van der Waals surface area (Å²) < 4.78 is 0. The van der Waals surface area contributed by atoms with Crippen LogP contribution in [0.15, 0.2) is 18.2 Å². The van der Waals surface area contributed by atoms with Gasteiger partial charge in [0.15, 0.2) is 0 Å². The fourth-order valence-electron chi connectivity index (χ4n) is 3.19. The van der Waals surface area contributed by atoms with E-state index in [0.29, 0.717) is 5.92 Å². The lowest BCUT2D eigenvalue weighted by Gasteiger charge is -2.32. The highest BCUT2D eigenvalue weighted by atomic mass is 35.5. The van der Waals surface area contributed by atoms with E-state index in [9.17, 15) is 0 Å². The second-order valence-electron chi connectivity index (χ2n) is 5.36. The van der Waals surface area contributed by atoms with Crippen LogP contribution in [-0.4, -0.2) is 31.6 Å². The number of benzene rings is 1. The van der Waals surface area contributed by atoms with E-state index in [-0.39, 0.29) is 0 Å². The molecule has 3 rings (SSSR count). The predicted octanol–water partition coefficient (Wildman–Crippen LogP) is 3.19. The van der Waals surface area contributed by atoms with E-state index in [1.54, 1.807) is 0 Å². The van der Waals surface area contributed by atoms with Crippen LogP contribution in [0.25, 0.3) is 0 Å². The quantitative estimate of drug-likeness (QED) is 0.824. The maximum atomic E-state index is 6.03. The van der Waals surface area contributed by atoms with Gasteiger partial charge >= 0.3 is 0 Å². The third kappa shape index (κ3) is 2.16. The summed E-state index contributed by atoms with van der Waals surface area (Å²) in [5, 5.41) is 4.34. The third-order valence-corrected chi connectivity index (χ3v) is 4.49. The molecule has 1 atom stereocenters. The zero-order chi connectivity index (χ0) is 11.8. The number of fused-ring (bicyclic) bond motifs is 1. The zero-order valence-corrected chi connectivity index (χ0v) is 11.0. The maximum Gasteiger partial charge on any atom is 0.0426 e. The lowest BCUT2D eigenvalue weighted by molar-refractivity contribution is 0.202. The minimum Gasteiger partial charge on any atom is -0.384 e. The molecule has 0 saturated carbocycles. The van der Waals surface area contributed by atoms with Gasteiger partial charge in [-0.3, -0.25) is 0 Å². The number of halogens is 1. The van der Waals surface area contributed by atoms with Gasteiger partial charge in [-0.2, -0.15) is 0 Å². The topological polar surface area (TPSA) is 15.3 Å². The first-order valence-corrected chi connectivity index (χ1v) is 6.83.